The summed E-state index contributed by atoms with van der Waals surface area (Å²) in [6.45, 7) is 0. The molecular formula is C14H9F4NO4S. The molecule has 0 saturated heterocycles. The fourth-order valence-corrected chi connectivity index (χ4v) is 3.03. The molecule has 0 saturated carbocycles. The molecule has 2 aromatic carbocycles. The topological polar surface area (TPSA) is 72.5 Å². The minimum atomic E-state index is -4.87. The summed E-state index contributed by atoms with van der Waals surface area (Å²) in [5.74, 6) is -6.68. The van der Waals surface area contributed by atoms with Crippen LogP contribution in [0.4, 0.5) is 23.2 Å². The normalized spacial score (nSPS) is 11.2. The molecule has 2 rings (SSSR count). The number of rotatable bonds is 4. The SMILES string of the molecule is COC(=O)c1cc(NS(=O)(=O)c2c(F)cccc2F)c(F)cc1F. The third-order valence-electron chi connectivity index (χ3n) is 2.89. The van der Waals surface area contributed by atoms with Crippen LogP contribution in [0.5, 0.6) is 0 Å². The zero-order valence-corrected chi connectivity index (χ0v) is 12.8. The van der Waals surface area contributed by atoms with Gasteiger partial charge in [-0.15, -0.1) is 0 Å². The lowest BCUT2D eigenvalue weighted by Gasteiger charge is -2.12. The molecule has 0 bridgehead atoms. The van der Waals surface area contributed by atoms with Crippen LogP contribution in [0, 0.1) is 23.3 Å². The van der Waals surface area contributed by atoms with Gasteiger partial charge in [-0.3, -0.25) is 4.72 Å². The molecule has 128 valence electrons. The zero-order chi connectivity index (χ0) is 18.1. The average molecular weight is 363 g/mol. The summed E-state index contributed by atoms with van der Waals surface area (Å²) in [6, 6.07) is 3.09. The second kappa shape index (κ2) is 6.48. The van der Waals surface area contributed by atoms with Gasteiger partial charge in [0.25, 0.3) is 10.0 Å². The number of halogens is 4. The summed E-state index contributed by atoms with van der Waals surface area (Å²) in [5.41, 5.74) is -1.63. The highest BCUT2D eigenvalue weighted by atomic mass is 32.2. The van der Waals surface area contributed by atoms with Gasteiger partial charge < -0.3 is 4.74 Å². The fourth-order valence-electron chi connectivity index (χ4n) is 1.83. The first-order valence-electron chi connectivity index (χ1n) is 6.21. The fraction of sp³-hybridized carbons (Fsp3) is 0.0714. The number of methoxy groups -OCH3 is 1. The van der Waals surface area contributed by atoms with Crippen molar-refractivity contribution in [3.05, 3.63) is 59.2 Å². The number of hydrogen-bond acceptors (Lipinski definition) is 4. The van der Waals surface area contributed by atoms with E-state index in [1.807, 2.05) is 0 Å². The first-order chi connectivity index (χ1) is 11.2. The molecule has 0 heterocycles. The monoisotopic (exact) mass is 363 g/mol. The highest BCUT2D eigenvalue weighted by Gasteiger charge is 2.26. The van der Waals surface area contributed by atoms with Crippen molar-refractivity contribution in [1.29, 1.82) is 0 Å². The van der Waals surface area contributed by atoms with Crippen LogP contribution < -0.4 is 4.72 Å². The standard InChI is InChI=1S/C14H9F4NO4S/c1-23-14(20)7-5-12(11(18)6-10(7)17)19-24(21,22)13-8(15)3-2-4-9(13)16/h2-6,19H,1H3. The maximum Gasteiger partial charge on any atom is 0.340 e. The van der Waals surface area contributed by atoms with Gasteiger partial charge in [-0.2, -0.15) is 0 Å². The molecule has 0 amide bonds. The van der Waals surface area contributed by atoms with Crippen LogP contribution in [0.25, 0.3) is 0 Å². The van der Waals surface area contributed by atoms with Crippen molar-refractivity contribution in [2.75, 3.05) is 11.8 Å². The van der Waals surface area contributed by atoms with Crippen LogP contribution in [-0.2, 0) is 14.8 Å². The molecule has 10 heteroatoms. The molecule has 24 heavy (non-hydrogen) atoms. The van der Waals surface area contributed by atoms with Crippen molar-refractivity contribution in [3.63, 3.8) is 0 Å². The predicted octanol–water partition coefficient (Wildman–Crippen LogP) is 2.83. The van der Waals surface area contributed by atoms with Gasteiger partial charge in [0.05, 0.1) is 18.4 Å². The largest absolute Gasteiger partial charge is 0.465 e. The number of hydrogen-bond donors (Lipinski definition) is 1. The minimum Gasteiger partial charge on any atom is -0.465 e. The average Bonchev–Trinajstić information content (AvgIpc) is 2.48. The lowest BCUT2D eigenvalue weighted by Crippen LogP contribution is -2.18. The summed E-state index contributed by atoms with van der Waals surface area (Å²) in [7, 11) is -3.94. The van der Waals surface area contributed by atoms with Crippen LogP contribution >= 0.6 is 0 Å². The van der Waals surface area contributed by atoms with E-state index in [-0.39, 0.29) is 6.07 Å². The van der Waals surface area contributed by atoms with Crippen LogP contribution in [0.3, 0.4) is 0 Å². The van der Waals surface area contributed by atoms with Crippen LogP contribution in [0.2, 0.25) is 0 Å². The van der Waals surface area contributed by atoms with E-state index in [2.05, 4.69) is 4.74 Å². The Hall–Kier alpha value is -2.62. The van der Waals surface area contributed by atoms with Crippen molar-refractivity contribution in [2.45, 2.75) is 4.90 Å². The molecule has 0 fully saturated rings. The Labute approximate surface area is 133 Å². The molecule has 0 aromatic heterocycles. The summed E-state index contributed by atoms with van der Waals surface area (Å²) in [4.78, 5) is 10.0. The first kappa shape index (κ1) is 17.7. The number of carbonyl (C=O) groups is 1. The molecule has 0 radical (unpaired) electrons. The number of ether oxygens (including phenoxy) is 1. The van der Waals surface area contributed by atoms with Gasteiger partial charge in [0.2, 0.25) is 0 Å². The number of carbonyl (C=O) groups excluding carboxylic acids is 1. The third-order valence-corrected chi connectivity index (χ3v) is 4.31. The summed E-state index contributed by atoms with van der Waals surface area (Å²) >= 11 is 0. The smallest absolute Gasteiger partial charge is 0.340 e. The Morgan fingerprint density at radius 2 is 1.58 bits per heavy atom. The molecule has 0 unspecified atom stereocenters. The van der Waals surface area contributed by atoms with E-state index in [9.17, 15) is 30.8 Å². The Morgan fingerprint density at radius 1 is 1.00 bits per heavy atom. The molecule has 1 N–H and O–H groups in total. The van der Waals surface area contributed by atoms with E-state index >= 15 is 0 Å². The van der Waals surface area contributed by atoms with Crippen molar-refractivity contribution >= 4 is 21.7 Å². The van der Waals surface area contributed by atoms with Gasteiger partial charge in [-0.05, 0) is 18.2 Å². The first-order valence-corrected chi connectivity index (χ1v) is 7.70. The molecule has 0 spiro atoms. The van der Waals surface area contributed by atoms with E-state index in [1.165, 1.54) is 0 Å². The number of anilines is 1. The van der Waals surface area contributed by atoms with Gasteiger partial charge in [-0.1, -0.05) is 6.07 Å². The lowest BCUT2D eigenvalue weighted by molar-refractivity contribution is 0.0595. The maximum absolute atomic E-state index is 13.7. The van der Waals surface area contributed by atoms with Crippen molar-refractivity contribution in [2.24, 2.45) is 0 Å². The molecule has 5 nitrogen and oxygen atoms in total. The second-order valence-electron chi connectivity index (χ2n) is 4.46. The van der Waals surface area contributed by atoms with Gasteiger partial charge in [0, 0.05) is 6.07 Å². The van der Waals surface area contributed by atoms with Gasteiger partial charge in [0.15, 0.2) is 4.90 Å². The van der Waals surface area contributed by atoms with Crippen molar-refractivity contribution < 1.29 is 35.5 Å². The molecule has 0 aliphatic carbocycles. The quantitative estimate of drug-likeness (QED) is 0.670. The maximum atomic E-state index is 13.7. The molecular weight excluding hydrogens is 354 g/mol. The van der Waals surface area contributed by atoms with E-state index in [0.717, 1.165) is 13.2 Å². The molecule has 0 aliphatic heterocycles. The van der Waals surface area contributed by atoms with Gasteiger partial charge in [0.1, 0.15) is 23.3 Å². The van der Waals surface area contributed by atoms with Gasteiger partial charge >= 0.3 is 5.97 Å². The summed E-state index contributed by atoms with van der Waals surface area (Å²) < 4.78 is 84.4. The Morgan fingerprint density at radius 3 is 2.12 bits per heavy atom. The number of sulfonamides is 1. The Bertz CT molecular complexity index is 895. The highest BCUT2D eigenvalue weighted by molar-refractivity contribution is 7.92. The van der Waals surface area contributed by atoms with Crippen LogP contribution in [0.15, 0.2) is 35.2 Å². The minimum absolute atomic E-state index is 0.238. The van der Waals surface area contributed by atoms with Crippen molar-refractivity contribution in [1.82, 2.24) is 0 Å². The van der Waals surface area contributed by atoms with E-state index in [4.69, 9.17) is 0 Å². The molecule has 0 atom stereocenters. The number of esters is 1. The summed E-state index contributed by atoms with van der Waals surface area (Å²) in [5, 5.41) is 0. The van der Waals surface area contributed by atoms with E-state index in [1.54, 1.807) is 4.72 Å². The lowest BCUT2D eigenvalue weighted by atomic mass is 10.2. The van der Waals surface area contributed by atoms with Crippen LogP contribution in [0.1, 0.15) is 10.4 Å². The summed E-state index contributed by atoms with van der Waals surface area (Å²) in [6.07, 6.45) is 0. The number of nitrogens with one attached hydrogen (secondary N) is 1. The molecule has 2 aromatic rings. The predicted molar refractivity (Wildman–Crippen MR) is 74.9 cm³/mol. The second-order valence-corrected chi connectivity index (χ2v) is 6.08. The zero-order valence-electron chi connectivity index (χ0n) is 11.9. The Balaban J connectivity index is 2.53. The molecule has 0 aliphatic rings. The third kappa shape index (κ3) is 3.32. The van der Waals surface area contributed by atoms with E-state index < -0.39 is 55.4 Å². The van der Waals surface area contributed by atoms with E-state index in [0.29, 0.717) is 18.2 Å². The Kier molecular flexibility index (Phi) is 4.78. The van der Waals surface area contributed by atoms with Crippen molar-refractivity contribution in [3.8, 4) is 0 Å². The number of benzene rings is 2. The van der Waals surface area contributed by atoms with Gasteiger partial charge in [-0.25, -0.2) is 30.8 Å². The van der Waals surface area contributed by atoms with Crippen LogP contribution in [-0.4, -0.2) is 21.5 Å². The highest BCUT2D eigenvalue weighted by Crippen LogP contribution is 2.25.